The smallest absolute Gasteiger partial charge is 0.132 e. The third kappa shape index (κ3) is 2.92. The number of aryl methyl sites for hydroxylation is 1. The normalized spacial score (nSPS) is 22.5. The number of hydrogen-bond acceptors (Lipinski definition) is 5. The second-order valence-corrected chi connectivity index (χ2v) is 4.44. The van der Waals surface area contributed by atoms with Crippen molar-refractivity contribution < 1.29 is 4.74 Å². The van der Waals surface area contributed by atoms with Gasteiger partial charge in [0, 0.05) is 30.9 Å². The van der Waals surface area contributed by atoms with Gasteiger partial charge in [0.25, 0.3) is 0 Å². The number of ether oxygens (including phenoxy) is 1. The molecule has 1 aliphatic heterocycles. The van der Waals surface area contributed by atoms with Gasteiger partial charge in [0.2, 0.25) is 0 Å². The van der Waals surface area contributed by atoms with E-state index in [1.54, 1.807) is 6.33 Å². The van der Waals surface area contributed by atoms with Gasteiger partial charge in [-0.2, -0.15) is 0 Å². The van der Waals surface area contributed by atoms with Crippen LogP contribution in [-0.2, 0) is 11.2 Å². The highest BCUT2D eigenvalue weighted by atomic mass is 16.5. The molecule has 2 heterocycles. The standard InChI is InChI=1S/C12H20N4O/c1-3-10-6-12(15-8-14-10)16-4-5-17-11(7-16)9(2)13/h6,8-9,11H,3-5,7,13H2,1-2H3. The molecule has 1 aromatic heterocycles. The lowest BCUT2D eigenvalue weighted by molar-refractivity contribution is 0.0273. The maximum absolute atomic E-state index is 5.88. The van der Waals surface area contributed by atoms with E-state index in [1.165, 1.54) is 0 Å². The minimum absolute atomic E-state index is 0.0466. The molecule has 5 heteroatoms. The lowest BCUT2D eigenvalue weighted by atomic mass is 10.1. The largest absolute Gasteiger partial charge is 0.373 e. The zero-order valence-corrected chi connectivity index (χ0v) is 10.5. The summed E-state index contributed by atoms with van der Waals surface area (Å²) in [6, 6.07) is 2.09. The third-order valence-electron chi connectivity index (χ3n) is 3.08. The van der Waals surface area contributed by atoms with Crippen LogP contribution < -0.4 is 10.6 Å². The van der Waals surface area contributed by atoms with Gasteiger partial charge in [0.15, 0.2) is 0 Å². The summed E-state index contributed by atoms with van der Waals surface area (Å²) >= 11 is 0. The molecule has 1 aromatic rings. The van der Waals surface area contributed by atoms with Crippen molar-refractivity contribution in [2.45, 2.75) is 32.4 Å². The van der Waals surface area contributed by atoms with Crippen molar-refractivity contribution in [2.75, 3.05) is 24.6 Å². The zero-order chi connectivity index (χ0) is 12.3. The van der Waals surface area contributed by atoms with Crippen LogP contribution in [0.25, 0.3) is 0 Å². The Kier molecular flexibility index (Phi) is 3.91. The molecule has 0 spiro atoms. The van der Waals surface area contributed by atoms with Gasteiger partial charge in [0.1, 0.15) is 12.1 Å². The molecular weight excluding hydrogens is 216 g/mol. The van der Waals surface area contributed by atoms with Crippen LogP contribution in [0.3, 0.4) is 0 Å². The molecule has 5 nitrogen and oxygen atoms in total. The highest BCUT2D eigenvalue weighted by Gasteiger charge is 2.24. The van der Waals surface area contributed by atoms with Crippen LogP contribution in [0.2, 0.25) is 0 Å². The SMILES string of the molecule is CCc1cc(N2CCOC(C(C)N)C2)ncn1. The fourth-order valence-electron chi connectivity index (χ4n) is 1.95. The lowest BCUT2D eigenvalue weighted by Gasteiger charge is -2.35. The zero-order valence-electron chi connectivity index (χ0n) is 10.5. The van der Waals surface area contributed by atoms with E-state index in [4.69, 9.17) is 10.5 Å². The van der Waals surface area contributed by atoms with E-state index in [1.807, 2.05) is 13.0 Å². The van der Waals surface area contributed by atoms with Crippen molar-refractivity contribution in [1.82, 2.24) is 9.97 Å². The number of nitrogens with two attached hydrogens (primary N) is 1. The highest BCUT2D eigenvalue weighted by Crippen LogP contribution is 2.16. The maximum Gasteiger partial charge on any atom is 0.132 e. The molecule has 94 valence electrons. The third-order valence-corrected chi connectivity index (χ3v) is 3.08. The van der Waals surface area contributed by atoms with Crippen LogP contribution in [0.5, 0.6) is 0 Å². The molecule has 0 bridgehead atoms. The molecule has 0 radical (unpaired) electrons. The fraction of sp³-hybridized carbons (Fsp3) is 0.667. The first-order chi connectivity index (χ1) is 8.20. The molecule has 2 atom stereocenters. The van der Waals surface area contributed by atoms with Crippen LogP contribution in [-0.4, -0.2) is 41.8 Å². The molecular formula is C12H20N4O. The topological polar surface area (TPSA) is 64.3 Å². The first-order valence-electron chi connectivity index (χ1n) is 6.13. The van der Waals surface area contributed by atoms with Crippen molar-refractivity contribution in [3.63, 3.8) is 0 Å². The molecule has 0 aromatic carbocycles. The minimum atomic E-state index is 0.0466. The molecule has 2 N–H and O–H groups in total. The predicted molar refractivity (Wildman–Crippen MR) is 67.0 cm³/mol. The maximum atomic E-state index is 5.88. The first kappa shape index (κ1) is 12.3. The summed E-state index contributed by atoms with van der Waals surface area (Å²) in [7, 11) is 0. The van der Waals surface area contributed by atoms with Crippen LogP contribution in [0, 0.1) is 0 Å². The Labute approximate surface area is 102 Å². The quantitative estimate of drug-likeness (QED) is 0.832. The summed E-state index contributed by atoms with van der Waals surface area (Å²) in [5.41, 5.74) is 6.95. The Bertz CT molecular complexity index is 369. The van der Waals surface area contributed by atoms with Gasteiger partial charge in [-0.1, -0.05) is 6.92 Å². The monoisotopic (exact) mass is 236 g/mol. The van der Waals surface area contributed by atoms with Crippen LogP contribution in [0.15, 0.2) is 12.4 Å². The van der Waals surface area contributed by atoms with Crippen molar-refractivity contribution >= 4 is 5.82 Å². The lowest BCUT2D eigenvalue weighted by Crippen LogP contribution is -2.49. The number of rotatable bonds is 3. The fourth-order valence-corrected chi connectivity index (χ4v) is 1.95. The second kappa shape index (κ2) is 5.42. The van der Waals surface area contributed by atoms with E-state index in [0.29, 0.717) is 6.61 Å². The van der Waals surface area contributed by atoms with E-state index in [-0.39, 0.29) is 12.1 Å². The number of hydrogen-bond donors (Lipinski definition) is 1. The Morgan fingerprint density at radius 1 is 1.59 bits per heavy atom. The molecule has 1 aliphatic rings. The molecule has 2 rings (SSSR count). The number of morpholine rings is 1. The van der Waals surface area contributed by atoms with Crippen LogP contribution in [0.4, 0.5) is 5.82 Å². The molecule has 1 saturated heterocycles. The molecule has 1 fully saturated rings. The Balaban J connectivity index is 2.10. The van der Waals surface area contributed by atoms with E-state index in [2.05, 4.69) is 21.8 Å². The van der Waals surface area contributed by atoms with Crippen LogP contribution in [0.1, 0.15) is 19.5 Å². The Hall–Kier alpha value is -1.20. The Morgan fingerprint density at radius 3 is 3.12 bits per heavy atom. The van der Waals surface area contributed by atoms with Crippen molar-refractivity contribution in [3.05, 3.63) is 18.1 Å². The molecule has 0 aliphatic carbocycles. The van der Waals surface area contributed by atoms with Crippen LogP contribution >= 0.6 is 0 Å². The predicted octanol–water partition coefficient (Wildman–Crippen LogP) is 0.591. The minimum Gasteiger partial charge on any atom is -0.373 e. The first-order valence-corrected chi connectivity index (χ1v) is 6.13. The number of aromatic nitrogens is 2. The molecule has 2 unspecified atom stereocenters. The van der Waals surface area contributed by atoms with Gasteiger partial charge in [-0.05, 0) is 13.3 Å². The molecule has 17 heavy (non-hydrogen) atoms. The summed E-state index contributed by atoms with van der Waals surface area (Å²) in [4.78, 5) is 10.8. The van der Waals surface area contributed by atoms with Crippen molar-refractivity contribution in [1.29, 1.82) is 0 Å². The van der Waals surface area contributed by atoms with Gasteiger partial charge in [-0.25, -0.2) is 9.97 Å². The van der Waals surface area contributed by atoms with Gasteiger partial charge in [0.05, 0.1) is 12.7 Å². The van der Waals surface area contributed by atoms with E-state index >= 15 is 0 Å². The molecule has 0 amide bonds. The van der Waals surface area contributed by atoms with Gasteiger partial charge in [-0.3, -0.25) is 0 Å². The Morgan fingerprint density at radius 2 is 2.41 bits per heavy atom. The van der Waals surface area contributed by atoms with Gasteiger partial charge < -0.3 is 15.4 Å². The van der Waals surface area contributed by atoms with E-state index < -0.39 is 0 Å². The second-order valence-electron chi connectivity index (χ2n) is 4.44. The van der Waals surface area contributed by atoms with E-state index in [9.17, 15) is 0 Å². The molecule has 0 saturated carbocycles. The van der Waals surface area contributed by atoms with Crippen molar-refractivity contribution in [3.8, 4) is 0 Å². The number of anilines is 1. The number of nitrogens with zero attached hydrogens (tertiary/aromatic N) is 3. The average Bonchev–Trinajstić information content (AvgIpc) is 2.39. The summed E-state index contributed by atoms with van der Waals surface area (Å²) in [5.74, 6) is 0.978. The highest BCUT2D eigenvalue weighted by molar-refractivity contribution is 5.39. The summed E-state index contributed by atoms with van der Waals surface area (Å²) in [6.07, 6.45) is 2.64. The van der Waals surface area contributed by atoms with Gasteiger partial charge >= 0.3 is 0 Å². The summed E-state index contributed by atoms with van der Waals surface area (Å²) < 4.78 is 5.64. The van der Waals surface area contributed by atoms with Crippen molar-refractivity contribution in [2.24, 2.45) is 5.73 Å². The van der Waals surface area contributed by atoms with Gasteiger partial charge in [-0.15, -0.1) is 0 Å². The van der Waals surface area contributed by atoms with E-state index in [0.717, 1.165) is 31.0 Å². The average molecular weight is 236 g/mol. The summed E-state index contributed by atoms with van der Waals surface area (Å²) in [6.45, 7) is 6.45. The summed E-state index contributed by atoms with van der Waals surface area (Å²) in [5, 5.41) is 0.